The van der Waals surface area contributed by atoms with Crippen LogP contribution in [0.2, 0.25) is 5.02 Å². The number of ether oxygens (including phenoxy) is 1. The van der Waals surface area contributed by atoms with Gasteiger partial charge in [0, 0.05) is 11.1 Å². The highest BCUT2D eigenvalue weighted by Gasteiger charge is 2.06. The summed E-state index contributed by atoms with van der Waals surface area (Å²) in [5.41, 5.74) is 2.47. The van der Waals surface area contributed by atoms with Crippen molar-refractivity contribution in [3.8, 4) is 5.75 Å². The lowest BCUT2D eigenvalue weighted by Crippen LogP contribution is -2.00. The van der Waals surface area contributed by atoms with Crippen LogP contribution in [0.15, 0.2) is 36.4 Å². The van der Waals surface area contributed by atoms with Gasteiger partial charge in [-0.1, -0.05) is 35.4 Å². The van der Waals surface area contributed by atoms with E-state index in [1.54, 1.807) is 12.1 Å². The molecule has 2 nitrogen and oxygen atoms in total. The highest BCUT2D eigenvalue weighted by atomic mass is 35.5. The third-order valence-electron chi connectivity index (χ3n) is 2.78. The quantitative estimate of drug-likeness (QED) is 0.921. The van der Waals surface area contributed by atoms with E-state index in [9.17, 15) is 9.50 Å². The Morgan fingerprint density at radius 2 is 1.95 bits per heavy atom. The maximum absolute atomic E-state index is 12.9. The normalized spacial score (nSPS) is 10.5. The molecule has 0 saturated heterocycles. The number of hydrogen-bond donors (Lipinski definition) is 1. The smallest absolute Gasteiger partial charge is 0.125 e. The van der Waals surface area contributed by atoms with Gasteiger partial charge >= 0.3 is 0 Å². The van der Waals surface area contributed by atoms with Gasteiger partial charge in [-0.05, 0) is 25.1 Å². The number of aliphatic hydroxyl groups excluding tert-OH is 1. The van der Waals surface area contributed by atoms with Crippen molar-refractivity contribution >= 4 is 11.6 Å². The van der Waals surface area contributed by atoms with Gasteiger partial charge in [0.1, 0.15) is 18.2 Å². The van der Waals surface area contributed by atoms with E-state index in [0.29, 0.717) is 16.3 Å². The van der Waals surface area contributed by atoms with Gasteiger partial charge in [0.2, 0.25) is 0 Å². The van der Waals surface area contributed by atoms with Crippen LogP contribution in [0.25, 0.3) is 0 Å². The average molecular weight is 281 g/mol. The average Bonchev–Trinajstić information content (AvgIpc) is 2.39. The van der Waals surface area contributed by atoms with Gasteiger partial charge < -0.3 is 9.84 Å². The van der Waals surface area contributed by atoms with Crippen molar-refractivity contribution in [3.63, 3.8) is 0 Å². The molecule has 0 radical (unpaired) electrons. The predicted octanol–water partition coefficient (Wildman–Crippen LogP) is 3.86. The summed E-state index contributed by atoms with van der Waals surface area (Å²) in [7, 11) is 0. The minimum atomic E-state index is -0.375. The molecule has 100 valence electrons. The summed E-state index contributed by atoms with van der Waals surface area (Å²) in [6.45, 7) is 2.09. The third-order valence-corrected chi connectivity index (χ3v) is 3.14. The molecule has 4 heteroatoms. The Bertz CT molecular complexity index is 584. The van der Waals surface area contributed by atoms with Crippen LogP contribution >= 0.6 is 11.6 Å². The van der Waals surface area contributed by atoms with E-state index in [4.69, 9.17) is 16.3 Å². The summed E-state index contributed by atoms with van der Waals surface area (Å²) in [6, 6.07) is 9.75. The molecule has 0 unspecified atom stereocenters. The van der Waals surface area contributed by atoms with Gasteiger partial charge in [0.05, 0.1) is 11.6 Å². The molecule has 0 spiro atoms. The van der Waals surface area contributed by atoms with Crippen LogP contribution < -0.4 is 4.74 Å². The topological polar surface area (TPSA) is 29.5 Å². The number of hydrogen-bond acceptors (Lipinski definition) is 2. The van der Waals surface area contributed by atoms with E-state index in [-0.39, 0.29) is 19.0 Å². The van der Waals surface area contributed by atoms with E-state index in [2.05, 4.69) is 0 Å². The van der Waals surface area contributed by atoms with Crippen molar-refractivity contribution in [2.24, 2.45) is 0 Å². The fraction of sp³-hybridized carbons (Fsp3) is 0.200. The molecule has 0 fully saturated rings. The van der Waals surface area contributed by atoms with Gasteiger partial charge in [-0.2, -0.15) is 0 Å². The third kappa shape index (κ3) is 3.46. The fourth-order valence-electron chi connectivity index (χ4n) is 1.77. The molecule has 0 aliphatic heterocycles. The molecule has 2 aromatic rings. The molecule has 0 aliphatic carbocycles. The second-order valence-electron chi connectivity index (χ2n) is 4.29. The molecule has 0 saturated carbocycles. The van der Waals surface area contributed by atoms with Gasteiger partial charge in [0.25, 0.3) is 0 Å². The highest BCUT2D eigenvalue weighted by Crippen LogP contribution is 2.23. The highest BCUT2D eigenvalue weighted by molar-refractivity contribution is 6.31. The molecule has 0 aliphatic rings. The van der Waals surface area contributed by atoms with Crippen molar-refractivity contribution < 1.29 is 14.2 Å². The molecule has 0 bridgehead atoms. The molecule has 0 atom stereocenters. The fourth-order valence-corrected chi connectivity index (χ4v) is 1.99. The van der Waals surface area contributed by atoms with Crippen LogP contribution in [0, 0.1) is 12.7 Å². The van der Waals surface area contributed by atoms with E-state index in [1.807, 2.05) is 19.1 Å². The second kappa shape index (κ2) is 6.04. The monoisotopic (exact) mass is 280 g/mol. The predicted molar refractivity (Wildman–Crippen MR) is 72.8 cm³/mol. The van der Waals surface area contributed by atoms with E-state index in [1.165, 1.54) is 12.1 Å². The maximum atomic E-state index is 12.9. The van der Waals surface area contributed by atoms with Crippen LogP contribution in [0.4, 0.5) is 4.39 Å². The number of rotatable bonds is 4. The Morgan fingerprint density at radius 3 is 2.63 bits per heavy atom. The first-order valence-electron chi connectivity index (χ1n) is 5.87. The summed E-state index contributed by atoms with van der Waals surface area (Å²) in [4.78, 5) is 0. The Balaban J connectivity index is 2.14. The van der Waals surface area contributed by atoms with Crippen LogP contribution in [-0.2, 0) is 13.2 Å². The summed E-state index contributed by atoms with van der Waals surface area (Å²) in [5.74, 6) is 0.230. The standard InChI is InChI=1S/C15H14ClFO2/c1-10-2-5-15(12(6-10)8-18)19-9-11-3-4-13(17)7-14(11)16/h2-7,18H,8-9H2,1H3. The molecule has 2 rings (SSSR count). The Morgan fingerprint density at radius 1 is 1.16 bits per heavy atom. The van der Waals surface area contributed by atoms with E-state index >= 15 is 0 Å². The van der Waals surface area contributed by atoms with Gasteiger partial charge in [-0.25, -0.2) is 4.39 Å². The summed E-state index contributed by atoms with van der Waals surface area (Å²) in [5, 5.41) is 9.61. The molecule has 0 heterocycles. The number of aryl methyl sites for hydroxylation is 1. The minimum Gasteiger partial charge on any atom is -0.488 e. The summed E-state index contributed by atoms with van der Waals surface area (Å²) < 4.78 is 18.5. The Kier molecular flexibility index (Phi) is 4.40. The summed E-state index contributed by atoms with van der Waals surface area (Å²) in [6.07, 6.45) is 0. The van der Waals surface area contributed by atoms with Crippen molar-refractivity contribution in [3.05, 3.63) is 63.9 Å². The van der Waals surface area contributed by atoms with Gasteiger partial charge in [-0.15, -0.1) is 0 Å². The number of benzene rings is 2. The largest absolute Gasteiger partial charge is 0.488 e. The van der Waals surface area contributed by atoms with Crippen molar-refractivity contribution in [1.29, 1.82) is 0 Å². The molecule has 2 aromatic carbocycles. The number of halogens is 2. The lowest BCUT2D eigenvalue weighted by Gasteiger charge is -2.11. The first kappa shape index (κ1) is 13.8. The van der Waals surface area contributed by atoms with Gasteiger partial charge in [0.15, 0.2) is 0 Å². The van der Waals surface area contributed by atoms with Crippen molar-refractivity contribution in [2.75, 3.05) is 0 Å². The minimum absolute atomic E-state index is 0.0891. The van der Waals surface area contributed by atoms with Gasteiger partial charge in [-0.3, -0.25) is 0 Å². The molecule has 0 aromatic heterocycles. The Hall–Kier alpha value is -1.58. The van der Waals surface area contributed by atoms with Crippen molar-refractivity contribution in [2.45, 2.75) is 20.1 Å². The zero-order chi connectivity index (χ0) is 13.8. The van der Waals surface area contributed by atoms with Crippen LogP contribution in [0.3, 0.4) is 0 Å². The van der Waals surface area contributed by atoms with Crippen LogP contribution in [-0.4, -0.2) is 5.11 Å². The molecule has 1 N–H and O–H groups in total. The summed E-state index contributed by atoms with van der Waals surface area (Å²) >= 11 is 5.93. The Labute approximate surface area is 116 Å². The van der Waals surface area contributed by atoms with Crippen LogP contribution in [0.5, 0.6) is 5.75 Å². The molecular formula is C15H14ClFO2. The van der Waals surface area contributed by atoms with E-state index in [0.717, 1.165) is 11.1 Å². The lowest BCUT2D eigenvalue weighted by atomic mass is 10.1. The number of aliphatic hydroxyl groups is 1. The van der Waals surface area contributed by atoms with Crippen LogP contribution in [0.1, 0.15) is 16.7 Å². The first-order chi connectivity index (χ1) is 9.10. The second-order valence-corrected chi connectivity index (χ2v) is 4.70. The molecular weight excluding hydrogens is 267 g/mol. The zero-order valence-corrected chi connectivity index (χ0v) is 11.2. The lowest BCUT2D eigenvalue weighted by molar-refractivity contribution is 0.259. The van der Waals surface area contributed by atoms with Crippen molar-refractivity contribution in [1.82, 2.24) is 0 Å². The molecule has 19 heavy (non-hydrogen) atoms. The van der Waals surface area contributed by atoms with E-state index < -0.39 is 0 Å². The first-order valence-corrected chi connectivity index (χ1v) is 6.25. The zero-order valence-electron chi connectivity index (χ0n) is 10.5. The maximum Gasteiger partial charge on any atom is 0.125 e. The SMILES string of the molecule is Cc1ccc(OCc2ccc(F)cc2Cl)c(CO)c1. The molecule has 0 amide bonds.